The van der Waals surface area contributed by atoms with Gasteiger partial charge in [0, 0.05) is 24.2 Å². The topological polar surface area (TPSA) is 86.8 Å². The van der Waals surface area contributed by atoms with E-state index in [0.29, 0.717) is 16.1 Å². The highest BCUT2D eigenvalue weighted by Gasteiger charge is 2.15. The van der Waals surface area contributed by atoms with Gasteiger partial charge in [-0.1, -0.05) is 23.4 Å². The smallest absolute Gasteiger partial charge is 0.254 e. The predicted molar refractivity (Wildman–Crippen MR) is 77.5 cm³/mol. The van der Waals surface area contributed by atoms with E-state index in [2.05, 4.69) is 11.8 Å². The lowest BCUT2D eigenvalue weighted by molar-refractivity contribution is 0.0685. The van der Waals surface area contributed by atoms with Gasteiger partial charge in [-0.2, -0.15) is 0 Å². The summed E-state index contributed by atoms with van der Waals surface area (Å²) >= 11 is 6.06. The summed E-state index contributed by atoms with van der Waals surface area (Å²) in [5, 5.41) is 18.2. The Morgan fingerprint density at radius 2 is 1.95 bits per heavy atom. The lowest BCUT2D eigenvalue weighted by Gasteiger charge is -2.20. The molecule has 0 saturated carbocycles. The summed E-state index contributed by atoms with van der Waals surface area (Å²) in [6.45, 7) is 0.217. The number of rotatable bonds is 5. The van der Waals surface area contributed by atoms with Crippen molar-refractivity contribution in [2.24, 2.45) is 5.73 Å². The molecular weight excluding hydrogens is 280 g/mol. The van der Waals surface area contributed by atoms with E-state index in [1.165, 1.54) is 11.0 Å². The van der Waals surface area contributed by atoms with Crippen LogP contribution in [0.2, 0.25) is 5.02 Å². The lowest BCUT2D eigenvalue weighted by atomic mass is 10.1. The minimum atomic E-state index is -0.298. The van der Waals surface area contributed by atoms with Crippen LogP contribution in [0.25, 0.3) is 0 Å². The third kappa shape index (κ3) is 4.51. The van der Waals surface area contributed by atoms with Crippen molar-refractivity contribution < 1.29 is 15.0 Å². The molecule has 0 fully saturated rings. The lowest BCUT2D eigenvalue weighted by Crippen LogP contribution is -2.35. The van der Waals surface area contributed by atoms with E-state index in [0.717, 1.165) is 0 Å². The van der Waals surface area contributed by atoms with Crippen LogP contribution in [0.15, 0.2) is 18.2 Å². The van der Waals surface area contributed by atoms with Crippen LogP contribution in [-0.4, -0.2) is 53.9 Å². The number of hydrogen-bond acceptors (Lipinski definition) is 4. The van der Waals surface area contributed by atoms with Crippen LogP contribution in [0, 0.1) is 11.8 Å². The standard InChI is InChI=1S/C14H17ClN2O3/c15-13-10-12(4-3-11(13)2-1-5-16)14(20)17(6-8-18)7-9-19/h3-4,10,18-19H,5-9,16H2. The summed E-state index contributed by atoms with van der Waals surface area (Å²) in [6, 6.07) is 4.77. The van der Waals surface area contributed by atoms with E-state index in [1.807, 2.05) is 0 Å². The molecule has 5 nitrogen and oxygen atoms in total. The molecule has 0 bridgehead atoms. The van der Waals surface area contributed by atoms with E-state index in [4.69, 9.17) is 27.5 Å². The second kappa shape index (κ2) is 8.56. The van der Waals surface area contributed by atoms with Gasteiger partial charge in [0.05, 0.1) is 24.8 Å². The molecule has 1 aromatic carbocycles. The fourth-order valence-corrected chi connectivity index (χ4v) is 1.86. The first-order chi connectivity index (χ1) is 9.63. The SMILES string of the molecule is NCC#Cc1ccc(C(=O)N(CCO)CCO)cc1Cl. The summed E-state index contributed by atoms with van der Waals surface area (Å²) in [5.74, 6) is 5.20. The molecule has 0 aliphatic rings. The molecule has 0 spiro atoms. The Bertz CT molecular complexity index is 517. The van der Waals surface area contributed by atoms with Crippen LogP contribution in [0.5, 0.6) is 0 Å². The summed E-state index contributed by atoms with van der Waals surface area (Å²) in [7, 11) is 0. The zero-order valence-corrected chi connectivity index (χ0v) is 11.7. The average molecular weight is 297 g/mol. The molecule has 6 heteroatoms. The molecule has 1 aromatic rings. The average Bonchev–Trinajstić information content (AvgIpc) is 2.45. The van der Waals surface area contributed by atoms with Crippen molar-refractivity contribution in [2.75, 3.05) is 32.8 Å². The highest BCUT2D eigenvalue weighted by atomic mass is 35.5. The Kier molecular flexibility index (Phi) is 7.05. The summed E-state index contributed by atoms with van der Waals surface area (Å²) in [5.41, 5.74) is 6.27. The zero-order valence-electron chi connectivity index (χ0n) is 11.0. The van der Waals surface area contributed by atoms with Gasteiger partial charge in [-0.25, -0.2) is 0 Å². The van der Waals surface area contributed by atoms with Crippen LogP contribution in [-0.2, 0) is 0 Å². The number of carbonyl (C=O) groups is 1. The molecule has 0 aliphatic carbocycles. The highest BCUT2D eigenvalue weighted by molar-refractivity contribution is 6.32. The molecule has 108 valence electrons. The molecule has 0 aliphatic heterocycles. The number of hydrogen-bond donors (Lipinski definition) is 3. The summed E-state index contributed by atoms with van der Waals surface area (Å²) in [4.78, 5) is 13.5. The van der Waals surface area contributed by atoms with Gasteiger partial charge in [0.1, 0.15) is 0 Å². The fourth-order valence-electron chi connectivity index (χ4n) is 1.63. The van der Waals surface area contributed by atoms with Crippen molar-refractivity contribution in [2.45, 2.75) is 0 Å². The number of aliphatic hydroxyl groups is 2. The van der Waals surface area contributed by atoms with Crippen LogP contribution in [0.1, 0.15) is 15.9 Å². The Labute approximate surface area is 123 Å². The second-order valence-corrected chi connectivity index (χ2v) is 4.35. The van der Waals surface area contributed by atoms with Gasteiger partial charge in [0.15, 0.2) is 0 Å². The van der Waals surface area contributed by atoms with Gasteiger partial charge in [-0.05, 0) is 18.2 Å². The quantitative estimate of drug-likeness (QED) is 0.672. The molecule has 1 rings (SSSR count). The maximum absolute atomic E-state index is 12.2. The number of amides is 1. The van der Waals surface area contributed by atoms with Gasteiger partial charge >= 0.3 is 0 Å². The maximum atomic E-state index is 12.2. The first-order valence-electron chi connectivity index (χ1n) is 6.13. The minimum absolute atomic E-state index is 0.158. The molecule has 0 saturated heterocycles. The van der Waals surface area contributed by atoms with E-state index in [9.17, 15) is 4.79 Å². The highest BCUT2D eigenvalue weighted by Crippen LogP contribution is 2.18. The second-order valence-electron chi connectivity index (χ2n) is 3.94. The van der Waals surface area contributed by atoms with Crippen molar-refractivity contribution in [3.63, 3.8) is 0 Å². The summed E-state index contributed by atoms with van der Waals surface area (Å²) in [6.07, 6.45) is 0. The minimum Gasteiger partial charge on any atom is -0.395 e. The molecule has 1 amide bonds. The van der Waals surface area contributed by atoms with E-state index in [1.54, 1.807) is 12.1 Å². The van der Waals surface area contributed by atoms with Gasteiger partial charge < -0.3 is 20.8 Å². The molecule has 0 radical (unpaired) electrons. The van der Waals surface area contributed by atoms with Gasteiger partial charge in [-0.3, -0.25) is 4.79 Å². The van der Waals surface area contributed by atoms with Crippen molar-refractivity contribution in [3.8, 4) is 11.8 Å². The molecule has 0 aromatic heterocycles. The third-order valence-electron chi connectivity index (χ3n) is 2.57. The number of halogens is 1. The fraction of sp³-hybridized carbons (Fsp3) is 0.357. The number of benzene rings is 1. The van der Waals surface area contributed by atoms with Crippen molar-refractivity contribution in [3.05, 3.63) is 34.3 Å². The van der Waals surface area contributed by atoms with Crippen LogP contribution in [0.4, 0.5) is 0 Å². The normalized spacial score (nSPS) is 9.80. The van der Waals surface area contributed by atoms with Gasteiger partial charge in [0.25, 0.3) is 5.91 Å². The monoisotopic (exact) mass is 296 g/mol. The molecule has 0 atom stereocenters. The molecule has 0 heterocycles. The zero-order chi connectivity index (χ0) is 15.0. The molecule has 4 N–H and O–H groups in total. The van der Waals surface area contributed by atoms with Crippen molar-refractivity contribution in [1.82, 2.24) is 4.90 Å². The Hall–Kier alpha value is -1.58. The Morgan fingerprint density at radius 1 is 1.30 bits per heavy atom. The van der Waals surface area contributed by atoms with Crippen LogP contribution < -0.4 is 5.73 Å². The van der Waals surface area contributed by atoms with Crippen molar-refractivity contribution in [1.29, 1.82) is 0 Å². The largest absolute Gasteiger partial charge is 0.395 e. The third-order valence-corrected chi connectivity index (χ3v) is 2.88. The summed E-state index contributed by atoms with van der Waals surface area (Å²) < 4.78 is 0. The predicted octanol–water partition coefficient (Wildman–Crippen LogP) is 0.0770. The van der Waals surface area contributed by atoms with Gasteiger partial charge in [0.2, 0.25) is 0 Å². The maximum Gasteiger partial charge on any atom is 0.254 e. The first-order valence-corrected chi connectivity index (χ1v) is 6.51. The Balaban J connectivity index is 2.95. The first kappa shape index (κ1) is 16.5. The van der Waals surface area contributed by atoms with Crippen LogP contribution in [0.3, 0.4) is 0 Å². The van der Waals surface area contributed by atoms with E-state index in [-0.39, 0.29) is 38.8 Å². The molecular formula is C14H17ClN2O3. The van der Waals surface area contributed by atoms with E-state index < -0.39 is 0 Å². The van der Waals surface area contributed by atoms with Crippen molar-refractivity contribution >= 4 is 17.5 Å². The number of aliphatic hydroxyl groups excluding tert-OH is 2. The van der Waals surface area contributed by atoms with Crippen LogP contribution >= 0.6 is 11.6 Å². The number of carbonyl (C=O) groups excluding carboxylic acids is 1. The number of nitrogens with two attached hydrogens (primary N) is 1. The molecule has 0 unspecified atom stereocenters. The van der Waals surface area contributed by atoms with Gasteiger partial charge in [-0.15, -0.1) is 0 Å². The number of nitrogens with zero attached hydrogens (tertiary/aromatic N) is 1. The molecule has 20 heavy (non-hydrogen) atoms. The Morgan fingerprint density at radius 3 is 2.45 bits per heavy atom. The van der Waals surface area contributed by atoms with E-state index >= 15 is 0 Å².